The third-order valence-corrected chi connectivity index (χ3v) is 2.93. The average molecular weight is 290 g/mol. The summed E-state index contributed by atoms with van der Waals surface area (Å²) in [6, 6.07) is 3.92. The van der Waals surface area contributed by atoms with Crippen LogP contribution in [0.15, 0.2) is 24.5 Å². The van der Waals surface area contributed by atoms with Gasteiger partial charge >= 0.3 is 0 Å². The van der Waals surface area contributed by atoms with Gasteiger partial charge in [0.1, 0.15) is 17.8 Å². The fourth-order valence-corrected chi connectivity index (χ4v) is 1.91. The normalized spacial score (nSPS) is 11.7. The van der Waals surface area contributed by atoms with Crippen LogP contribution in [0.25, 0.3) is 0 Å². The highest BCUT2D eigenvalue weighted by Crippen LogP contribution is 2.28. The smallest absolute Gasteiger partial charge is 0.293 e. The molecule has 0 spiro atoms. The zero-order valence-corrected chi connectivity index (χ0v) is 11.5. The van der Waals surface area contributed by atoms with Crippen LogP contribution >= 0.6 is 0 Å². The molecule has 9 heteroatoms. The molecule has 1 aromatic heterocycles. The minimum atomic E-state index is -0.539. The number of hydrogen-bond donors (Lipinski definition) is 3. The Morgan fingerprint density at radius 2 is 2.24 bits per heavy atom. The molecule has 21 heavy (non-hydrogen) atoms. The van der Waals surface area contributed by atoms with Crippen molar-refractivity contribution < 1.29 is 9.72 Å². The number of nitrogens with zero attached hydrogens (tertiary/aromatic N) is 3. The Labute approximate surface area is 119 Å². The lowest BCUT2D eigenvalue weighted by molar-refractivity contribution is -0.384. The van der Waals surface area contributed by atoms with Crippen molar-refractivity contribution in [2.24, 2.45) is 0 Å². The first-order valence-electron chi connectivity index (χ1n) is 6.16. The molecule has 1 atom stereocenters. The van der Waals surface area contributed by atoms with Gasteiger partial charge in [-0.3, -0.25) is 20.0 Å². The molecular weight excluding hydrogens is 276 g/mol. The Morgan fingerprint density at radius 1 is 1.48 bits per heavy atom. The van der Waals surface area contributed by atoms with E-state index in [0.717, 1.165) is 0 Å². The first-order chi connectivity index (χ1) is 10.0. The zero-order chi connectivity index (χ0) is 15.4. The number of amides is 1. The zero-order valence-electron chi connectivity index (χ0n) is 11.5. The largest absolute Gasteiger partial charge is 0.382 e. The van der Waals surface area contributed by atoms with Crippen LogP contribution in [-0.2, 0) is 0 Å². The summed E-state index contributed by atoms with van der Waals surface area (Å²) in [6.45, 7) is 1.73. The number of aromatic amines is 1. The predicted octanol–water partition coefficient (Wildman–Crippen LogP) is 1.25. The maximum Gasteiger partial charge on any atom is 0.293 e. The summed E-state index contributed by atoms with van der Waals surface area (Å²) in [4.78, 5) is 26.7. The number of benzene rings is 1. The van der Waals surface area contributed by atoms with Crippen LogP contribution in [0, 0.1) is 10.1 Å². The van der Waals surface area contributed by atoms with E-state index >= 15 is 0 Å². The van der Waals surface area contributed by atoms with Gasteiger partial charge in [0.05, 0.1) is 16.5 Å². The van der Waals surface area contributed by atoms with Crippen LogP contribution in [0.4, 0.5) is 11.4 Å². The molecule has 2 aromatic rings. The summed E-state index contributed by atoms with van der Waals surface area (Å²) < 4.78 is 0. The molecule has 0 aliphatic carbocycles. The number of nitro benzene ring substituents is 1. The molecule has 3 N–H and O–H groups in total. The number of carbonyl (C=O) groups excluding carboxylic acids is 1. The van der Waals surface area contributed by atoms with Gasteiger partial charge in [0, 0.05) is 13.1 Å². The quantitative estimate of drug-likeness (QED) is 0.562. The highest BCUT2D eigenvalue weighted by Gasteiger charge is 2.22. The molecule has 0 aliphatic rings. The second kappa shape index (κ2) is 5.99. The fraction of sp³-hybridized carbons (Fsp3) is 0.250. The molecular formula is C12H14N6O3. The Balaban J connectivity index is 2.27. The fourth-order valence-electron chi connectivity index (χ4n) is 1.91. The number of para-hydroxylation sites is 1. The number of hydrogen-bond acceptors (Lipinski definition) is 6. The van der Waals surface area contributed by atoms with E-state index in [9.17, 15) is 14.9 Å². The van der Waals surface area contributed by atoms with Gasteiger partial charge in [-0.05, 0) is 13.0 Å². The van der Waals surface area contributed by atoms with Crippen LogP contribution in [0.3, 0.4) is 0 Å². The molecule has 0 fully saturated rings. The number of rotatable bonds is 5. The number of aromatic nitrogens is 3. The summed E-state index contributed by atoms with van der Waals surface area (Å²) in [6.07, 6.45) is 1.34. The van der Waals surface area contributed by atoms with E-state index in [4.69, 9.17) is 0 Å². The highest BCUT2D eigenvalue weighted by atomic mass is 16.6. The molecule has 110 valence electrons. The molecule has 1 heterocycles. The molecule has 0 saturated heterocycles. The Morgan fingerprint density at radius 3 is 2.81 bits per heavy atom. The molecule has 1 amide bonds. The third kappa shape index (κ3) is 2.96. The summed E-state index contributed by atoms with van der Waals surface area (Å²) in [7, 11) is 1.53. The van der Waals surface area contributed by atoms with Crippen LogP contribution in [0.2, 0.25) is 0 Å². The lowest BCUT2D eigenvalue weighted by Gasteiger charge is -2.13. The number of H-pyrrole nitrogens is 1. The van der Waals surface area contributed by atoms with Crippen LogP contribution in [-0.4, -0.2) is 33.1 Å². The molecule has 0 saturated carbocycles. The third-order valence-electron chi connectivity index (χ3n) is 2.93. The van der Waals surface area contributed by atoms with Crippen LogP contribution < -0.4 is 10.6 Å². The number of anilines is 1. The molecule has 0 bridgehead atoms. The van der Waals surface area contributed by atoms with Crippen LogP contribution in [0.1, 0.15) is 29.1 Å². The van der Waals surface area contributed by atoms with Gasteiger partial charge in [-0.15, -0.1) is 0 Å². The van der Waals surface area contributed by atoms with E-state index < -0.39 is 16.9 Å². The van der Waals surface area contributed by atoms with Crippen molar-refractivity contribution in [1.29, 1.82) is 0 Å². The Hall–Kier alpha value is -2.97. The van der Waals surface area contributed by atoms with Crippen molar-refractivity contribution in [2.75, 3.05) is 12.4 Å². The van der Waals surface area contributed by atoms with E-state index in [1.165, 1.54) is 31.6 Å². The van der Waals surface area contributed by atoms with Gasteiger partial charge in [0.15, 0.2) is 0 Å². The molecule has 0 radical (unpaired) electrons. The molecule has 9 nitrogen and oxygen atoms in total. The average Bonchev–Trinajstić information content (AvgIpc) is 3.00. The van der Waals surface area contributed by atoms with Gasteiger partial charge in [0.2, 0.25) is 0 Å². The predicted molar refractivity (Wildman–Crippen MR) is 74.9 cm³/mol. The summed E-state index contributed by atoms with van der Waals surface area (Å²) >= 11 is 0. The molecule has 2 rings (SSSR count). The van der Waals surface area contributed by atoms with Crippen molar-refractivity contribution in [2.45, 2.75) is 13.0 Å². The SMILES string of the molecule is CNc1c(C(=O)NC(C)c2ncn[nH]2)cccc1[N+](=O)[O-]. The molecule has 1 unspecified atom stereocenters. The van der Waals surface area contributed by atoms with E-state index in [1.807, 2.05) is 0 Å². The summed E-state index contributed by atoms with van der Waals surface area (Å²) in [5, 5.41) is 22.7. The van der Waals surface area contributed by atoms with Crippen molar-refractivity contribution >= 4 is 17.3 Å². The minimum absolute atomic E-state index is 0.155. The number of nitro groups is 1. The second-order valence-electron chi connectivity index (χ2n) is 4.27. The highest BCUT2D eigenvalue weighted by molar-refractivity contribution is 6.01. The van der Waals surface area contributed by atoms with E-state index in [2.05, 4.69) is 25.8 Å². The van der Waals surface area contributed by atoms with Crippen molar-refractivity contribution in [3.8, 4) is 0 Å². The van der Waals surface area contributed by atoms with Crippen molar-refractivity contribution in [3.63, 3.8) is 0 Å². The van der Waals surface area contributed by atoms with Gasteiger partial charge < -0.3 is 10.6 Å². The number of nitrogens with one attached hydrogen (secondary N) is 3. The van der Waals surface area contributed by atoms with Crippen molar-refractivity contribution in [3.05, 3.63) is 46.0 Å². The summed E-state index contributed by atoms with van der Waals surface area (Å²) in [5.41, 5.74) is 0.209. The molecule has 0 aliphatic heterocycles. The lowest BCUT2D eigenvalue weighted by Crippen LogP contribution is -2.28. The lowest BCUT2D eigenvalue weighted by atomic mass is 10.1. The van der Waals surface area contributed by atoms with Gasteiger partial charge in [-0.25, -0.2) is 4.98 Å². The first-order valence-corrected chi connectivity index (χ1v) is 6.16. The van der Waals surface area contributed by atoms with E-state index in [0.29, 0.717) is 5.82 Å². The van der Waals surface area contributed by atoms with Gasteiger partial charge in [0.25, 0.3) is 11.6 Å². The van der Waals surface area contributed by atoms with E-state index in [-0.39, 0.29) is 16.9 Å². The first kappa shape index (κ1) is 14.4. The Kier molecular flexibility index (Phi) is 4.12. The van der Waals surface area contributed by atoms with Gasteiger partial charge in [-0.2, -0.15) is 5.10 Å². The number of carbonyl (C=O) groups is 1. The topological polar surface area (TPSA) is 126 Å². The van der Waals surface area contributed by atoms with Crippen molar-refractivity contribution in [1.82, 2.24) is 20.5 Å². The van der Waals surface area contributed by atoms with Crippen LogP contribution in [0.5, 0.6) is 0 Å². The minimum Gasteiger partial charge on any atom is -0.382 e. The maximum atomic E-state index is 12.3. The van der Waals surface area contributed by atoms with E-state index in [1.54, 1.807) is 6.92 Å². The summed E-state index contributed by atoms with van der Waals surface area (Å²) in [5.74, 6) is 0.0618. The monoisotopic (exact) mass is 290 g/mol. The standard InChI is InChI=1S/C12H14N6O3/c1-7(11-14-6-15-17-11)16-12(19)8-4-3-5-9(18(20)21)10(8)13-2/h3-7,13H,1-2H3,(H,16,19)(H,14,15,17). The Bertz CT molecular complexity index is 655. The maximum absolute atomic E-state index is 12.3. The molecule has 1 aromatic carbocycles. The second-order valence-corrected chi connectivity index (χ2v) is 4.27. The van der Waals surface area contributed by atoms with Gasteiger partial charge in [-0.1, -0.05) is 6.07 Å².